The molecule has 2 unspecified atom stereocenters. The van der Waals surface area contributed by atoms with Crippen LogP contribution >= 0.6 is 11.5 Å². The van der Waals surface area contributed by atoms with Crippen LogP contribution in [0.15, 0.2) is 23.0 Å². The number of allylic oxidation sites excluding steroid dienone is 1. The standard InChI is InChI=1S/C19H34N6S/c1-14-7-6-8-25(12-14)13-17-9-18(26-23-17)11-21-19(16(3)24(4)5)22-15(2)10-20/h9-10,14,16H,6-8,11-13,20H2,1-5H3,(H,21,22)/b15-10-. The van der Waals surface area contributed by atoms with Crippen LogP contribution in [0.1, 0.15) is 44.2 Å². The van der Waals surface area contributed by atoms with Gasteiger partial charge in [-0.1, -0.05) is 6.92 Å². The first-order chi connectivity index (χ1) is 12.4. The summed E-state index contributed by atoms with van der Waals surface area (Å²) in [4.78, 5) is 10.6. The van der Waals surface area contributed by atoms with E-state index in [-0.39, 0.29) is 6.04 Å². The van der Waals surface area contributed by atoms with Crippen LogP contribution in [-0.2, 0) is 13.1 Å². The highest BCUT2D eigenvalue weighted by atomic mass is 32.1. The zero-order valence-electron chi connectivity index (χ0n) is 16.8. The summed E-state index contributed by atoms with van der Waals surface area (Å²) in [5, 5.41) is 3.32. The molecule has 0 radical (unpaired) electrons. The number of nitrogens with one attached hydrogen (secondary N) is 1. The maximum Gasteiger partial charge on any atom is 0.118 e. The highest BCUT2D eigenvalue weighted by molar-refractivity contribution is 7.05. The molecule has 2 rings (SSSR count). The van der Waals surface area contributed by atoms with Gasteiger partial charge in [0, 0.05) is 29.9 Å². The average molecular weight is 379 g/mol. The van der Waals surface area contributed by atoms with Gasteiger partial charge in [-0.25, -0.2) is 0 Å². The molecule has 1 aromatic rings. The number of nitrogens with zero attached hydrogens (tertiary/aromatic N) is 4. The monoisotopic (exact) mass is 378 g/mol. The third kappa shape index (κ3) is 6.37. The number of likely N-dealkylation sites (N-methyl/N-ethyl adjacent to an activating group) is 1. The molecule has 2 heterocycles. The van der Waals surface area contributed by atoms with Gasteiger partial charge >= 0.3 is 0 Å². The summed E-state index contributed by atoms with van der Waals surface area (Å²) in [6.07, 6.45) is 4.22. The molecule has 6 nitrogen and oxygen atoms in total. The number of nitrogens with two attached hydrogens (primary N) is 1. The van der Waals surface area contributed by atoms with E-state index in [2.05, 4.69) is 39.4 Å². The van der Waals surface area contributed by atoms with E-state index < -0.39 is 0 Å². The number of aliphatic imine (C=N–C) groups is 1. The molecule has 1 aliphatic heterocycles. The molecule has 0 bridgehead atoms. The third-order valence-electron chi connectivity index (χ3n) is 4.89. The van der Waals surface area contributed by atoms with Gasteiger partial charge in [-0.2, -0.15) is 4.37 Å². The quantitative estimate of drug-likeness (QED) is 0.564. The smallest absolute Gasteiger partial charge is 0.118 e. The molecule has 0 spiro atoms. The van der Waals surface area contributed by atoms with Crippen molar-refractivity contribution in [1.82, 2.24) is 19.5 Å². The minimum atomic E-state index is 0.187. The van der Waals surface area contributed by atoms with Crippen molar-refractivity contribution in [2.75, 3.05) is 27.2 Å². The van der Waals surface area contributed by atoms with Crippen molar-refractivity contribution >= 4 is 17.4 Å². The number of amidine groups is 1. The van der Waals surface area contributed by atoms with Crippen molar-refractivity contribution in [1.29, 1.82) is 0 Å². The largest absolute Gasteiger partial charge is 0.403 e. The van der Waals surface area contributed by atoms with E-state index in [0.717, 1.165) is 24.0 Å². The van der Waals surface area contributed by atoms with E-state index in [1.54, 1.807) is 17.7 Å². The van der Waals surface area contributed by atoms with E-state index in [1.165, 1.54) is 36.5 Å². The molecule has 0 amide bonds. The molecule has 2 atom stereocenters. The molecule has 3 N–H and O–H groups in total. The van der Waals surface area contributed by atoms with Gasteiger partial charge in [0.15, 0.2) is 0 Å². The first kappa shape index (κ1) is 20.9. The minimum Gasteiger partial charge on any atom is -0.403 e. The van der Waals surface area contributed by atoms with Gasteiger partial charge in [-0.15, -0.1) is 0 Å². The molecule has 146 valence electrons. The van der Waals surface area contributed by atoms with E-state index >= 15 is 0 Å². The van der Waals surface area contributed by atoms with Crippen molar-refractivity contribution in [2.24, 2.45) is 16.6 Å². The SMILES string of the molecule is C/C(=C/N)NC(=NCc1cc(CN2CCCC(C)C2)ns1)C(C)N(C)C. The van der Waals surface area contributed by atoms with Crippen LogP contribution in [0.25, 0.3) is 0 Å². The van der Waals surface area contributed by atoms with Gasteiger partial charge in [-0.3, -0.25) is 14.8 Å². The molecule has 1 saturated heterocycles. The molecule has 0 aromatic carbocycles. The summed E-state index contributed by atoms with van der Waals surface area (Å²) in [5.41, 5.74) is 7.67. The van der Waals surface area contributed by atoms with E-state index in [9.17, 15) is 0 Å². The van der Waals surface area contributed by atoms with Gasteiger partial charge < -0.3 is 11.1 Å². The average Bonchev–Trinajstić information content (AvgIpc) is 3.05. The van der Waals surface area contributed by atoms with Crippen LogP contribution in [0.2, 0.25) is 0 Å². The summed E-state index contributed by atoms with van der Waals surface area (Å²) >= 11 is 1.56. The van der Waals surface area contributed by atoms with Gasteiger partial charge in [-0.05, 0) is 70.8 Å². The Hall–Kier alpha value is -1.44. The Morgan fingerprint density at radius 1 is 1.58 bits per heavy atom. The summed E-state index contributed by atoms with van der Waals surface area (Å²) in [7, 11) is 4.10. The molecule has 0 saturated carbocycles. The Kier molecular flexibility index (Phi) is 8.06. The van der Waals surface area contributed by atoms with E-state index in [1.807, 2.05) is 21.0 Å². The number of hydrogen-bond donors (Lipinski definition) is 2. The highest BCUT2D eigenvalue weighted by Crippen LogP contribution is 2.19. The Balaban J connectivity index is 1.99. The topological polar surface area (TPSA) is 69.8 Å². The van der Waals surface area contributed by atoms with Crippen molar-refractivity contribution in [2.45, 2.75) is 52.7 Å². The second-order valence-electron chi connectivity index (χ2n) is 7.58. The lowest BCUT2D eigenvalue weighted by atomic mass is 10.0. The van der Waals surface area contributed by atoms with Crippen LogP contribution in [0.3, 0.4) is 0 Å². The van der Waals surface area contributed by atoms with Crippen LogP contribution < -0.4 is 11.1 Å². The van der Waals surface area contributed by atoms with Gasteiger partial charge in [0.05, 0.1) is 18.3 Å². The van der Waals surface area contributed by atoms with E-state index in [4.69, 9.17) is 10.7 Å². The minimum absolute atomic E-state index is 0.187. The lowest BCUT2D eigenvalue weighted by Gasteiger charge is -2.30. The molecule has 1 aliphatic rings. The molecule has 7 heteroatoms. The summed E-state index contributed by atoms with van der Waals surface area (Å²) < 4.78 is 4.64. The Morgan fingerprint density at radius 3 is 3.00 bits per heavy atom. The van der Waals surface area contributed by atoms with Crippen LogP contribution in [0.5, 0.6) is 0 Å². The third-order valence-corrected chi connectivity index (χ3v) is 5.69. The van der Waals surface area contributed by atoms with Gasteiger partial charge in [0.2, 0.25) is 0 Å². The highest BCUT2D eigenvalue weighted by Gasteiger charge is 2.17. The molecular weight excluding hydrogens is 344 g/mol. The Labute approximate surface area is 162 Å². The number of aromatic nitrogens is 1. The second-order valence-corrected chi connectivity index (χ2v) is 8.47. The summed E-state index contributed by atoms with van der Waals surface area (Å²) in [6, 6.07) is 2.39. The summed E-state index contributed by atoms with van der Waals surface area (Å²) in [6.45, 7) is 10.4. The van der Waals surface area contributed by atoms with Crippen LogP contribution in [0.4, 0.5) is 0 Å². The predicted molar refractivity (Wildman–Crippen MR) is 111 cm³/mol. The molecule has 1 aromatic heterocycles. The first-order valence-corrected chi connectivity index (χ1v) is 10.2. The number of piperidine rings is 1. The lowest BCUT2D eigenvalue weighted by molar-refractivity contribution is 0.175. The molecule has 26 heavy (non-hydrogen) atoms. The summed E-state index contributed by atoms with van der Waals surface area (Å²) in [5.74, 6) is 1.72. The molecular formula is C19H34N6S. The second kappa shape index (κ2) is 10.0. The van der Waals surface area contributed by atoms with Crippen molar-refractivity contribution in [3.8, 4) is 0 Å². The zero-order chi connectivity index (χ0) is 19.1. The van der Waals surface area contributed by atoms with Crippen molar-refractivity contribution < 1.29 is 0 Å². The maximum absolute atomic E-state index is 5.60. The van der Waals surface area contributed by atoms with Crippen molar-refractivity contribution in [3.63, 3.8) is 0 Å². The number of likely N-dealkylation sites (tertiary alicyclic amines) is 1. The fourth-order valence-electron chi connectivity index (χ4n) is 3.09. The number of rotatable bonds is 7. The van der Waals surface area contributed by atoms with Crippen LogP contribution in [0, 0.1) is 5.92 Å². The maximum atomic E-state index is 5.60. The normalized spacial score (nSPS) is 21.2. The first-order valence-electron chi connectivity index (χ1n) is 9.42. The van der Waals surface area contributed by atoms with Gasteiger partial charge in [0.25, 0.3) is 0 Å². The number of hydrogen-bond acceptors (Lipinski definition) is 6. The predicted octanol–water partition coefficient (Wildman–Crippen LogP) is 2.63. The fraction of sp³-hybridized carbons (Fsp3) is 0.684. The van der Waals surface area contributed by atoms with Gasteiger partial charge in [0.1, 0.15) is 5.84 Å². The molecule has 0 aliphatic carbocycles. The van der Waals surface area contributed by atoms with E-state index in [0.29, 0.717) is 6.54 Å². The Bertz CT molecular complexity index is 621. The fourth-order valence-corrected chi connectivity index (χ4v) is 3.75. The molecule has 1 fully saturated rings. The lowest BCUT2D eigenvalue weighted by Crippen LogP contribution is -2.41. The Morgan fingerprint density at radius 2 is 2.35 bits per heavy atom. The van der Waals surface area contributed by atoms with Crippen LogP contribution in [-0.4, -0.2) is 53.2 Å². The van der Waals surface area contributed by atoms with Crippen molar-refractivity contribution in [3.05, 3.63) is 28.5 Å². The zero-order valence-corrected chi connectivity index (χ0v) is 17.6.